The number of carbonyl (C=O) groups excluding carboxylic acids is 2. The second kappa shape index (κ2) is 8.87. The monoisotopic (exact) mass is 324 g/mol. The van der Waals surface area contributed by atoms with Crippen molar-refractivity contribution in [2.45, 2.75) is 39.3 Å². The maximum Gasteiger partial charge on any atom is 0.251 e. The fourth-order valence-corrected chi connectivity index (χ4v) is 2.54. The van der Waals surface area contributed by atoms with Crippen molar-refractivity contribution >= 4 is 11.8 Å². The summed E-state index contributed by atoms with van der Waals surface area (Å²) in [5.74, 6) is -0.148. The molecular formula is C20H24N2O2. The molecule has 126 valence electrons. The third kappa shape index (κ3) is 5.23. The van der Waals surface area contributed by atoms with E-state index < -0.39 is 0 Å². The molecular weight excluding hydrogens is 300 g/mol. The second-order valence-corrected chi connectivity index (χ2v) is 5.83. The predicted molar refractivity (Wildman–Crippen MR) is 95.5 cm³/mol. The van der Waals surface area contributed by atoms with Gasteiger partial charge in [0.15, 0.2) is 0 Å². The summed E-state index contributed by atoms with van der Waals surface area (Å²) in [5.41, 5.74) is 2.71. The molecule has 0 radical (unpaired) electrons. The average molecular weight is 324 g/mol. The van der Waals surface area contributed by atoms with E-state index in [0.29, 0.717) is 12.1 Å². The van der Waals surface area contributed by atoms with Crippen molar-refractivity contribution in [1.29, 1.82) is 0 Å². The van der Waals surface area contributed by atoms with E-state index in [1.807, 2.05) is 42.5 Å². The van der Waals surface area contributed by atoms with E-state index in [1.165, 1.54) is 6.92 Å². The summed E-state index contributed by atoms with van der Waals surface area (Å²) in [4.78, 5) is 23.4. The van der Waals surface area contributed by atoms with Gasteiger partial charge in [0.1, 0.15) is 0 Å². The molecule has 0 saturated heterocycles. The van der Waals surface area contributed by atoms with Crippen LogP contribution in [0.5, 0.6) is 0 Å². The molecule has 4 heteroatoms. The van der Waals surface area contributed by atoms with Gasteiger partial charge < -0.3 is 10.6 Å². The van der Waals surface area contributed by atoms with Crippen LogP contribution >= 0.6 is 0 Å². The Morgan fingerprint density at radius 1 is 1.00 bits per heavy atom. The Bertz CT molecular complexity index is 666. The van der Waals surface area contributed by atoms with Gasteiger partial charge in [-0.1, -0.05) is 55.8 Å². The fourth-order valence-electron chi connectivity index (χ4n) is 2.54. The van der Waals surface area contributed by atoms with E-state index in [9.17, 15) is 9.59 Å². The number of hydrogen-bond donors (Lipinski definition) is 2. The number of benzene rings is 2. The minimum Gasteiger partial charge on any atom is -0.352 e. The topological polar surface area (TPSA) is 58.2 Å². The van der Waals surface area contributed by atoms with Gasteiger partial charge in [0, 0.05) is 19.0 Å². The Kier molecular flexibility index (Phi) is 6.55. The summed E-state index contributed by atoms with van der Waals surface area (Å²) in [5, 5.41) is 5.85. The van der Waals surface area contributed by atoms with E-state index >= 15 is 0 Å². The molecule has 2 amide bonds. The molecule has 2 N–H and O–H groups in total. The summed E-state index contributed by atoms with van der Waals surface area (Å²) in [6.07, 6.45) is 1.89. The highest BCUT2D eigenvalue weighted by atomic mass is 16.2. The maximum atomic E-state index is 12.5. The summed E-state index contributed by atoms with van der Waals surface area (Å²) in [6, 6.07) is 17.4. The van der Waals surface area contributed by atoms with E-state index in [2.05, 4.69) is 17.6 Å². The highest BCUT2D eigenvalue weighted by Crippen LogP contribution is 2.19. The van der Waals surface area contributed by atoms with Crippen LogP contribution in [0.3, 0.4) is 0 Å². The van der Waals surface area contributed by atoms with Crippen LogP contribution in [0.25, 0.3) is 0 Å². The molecule has 0 fully saturated rings. The van der Waals surface area contributed by atoms with Crippen molar-refractivity contribution in [3.8, 4) is 0 Å². The molecule has 2 rings (SSSR count). The quantitative estimate of drug-likeness (QED) is 0.817. The molecule has 4 nitrogen and oxygen atoms in total. The zero-order chi connectivity index (χ0) is 17.4. The highest BCUT2D eigenvalue weighted by molar-refractivity contribution is 5.94. The van der Waals surface area contributed by atoms with Crippen molar-refractivity contribution in [2.24, 2.45) is 0 Å². The Labute approximate surface area is 143 Å². The van der Waals surface area contributed by atoms with Crippen molar-refractivity contribution in [3.05, 3.63) is 71.3 Å². The van der Waals surface area contributed by atoms with Crippen LogP contribution < -0.4 is 10.6 Å². The second-order valence-electron chi connectivity index (χ2n) is 5.83. The van der Waals surface area contributed by atoms with Crippen molar-refractivity contribution < 1.29 is 9.59 Å². The van der Waals surface area contributed by atoms with E-state index in [-0.39, 0.29) is 17.9 Å². The third-order valence-corrected chi connectivity index (χ3v) is 3.84. The van der Waals surface area contributed by atoms with Gasteiger partial charge in [-0.25, -0.2) is 0 Å². The minimum absolute atomic E-state index is 0.0164. The first-order valence-electron chi connectivity index (χ1n) is 8.29. The van der Waals surface area contributed by atoms with Crippen molar-refractivity contribution in [1.82, 2.24) is 10.6 Å². The molecule has 0 saturated carbocycles. The van der Waals surface area contributed by atoms with E-state index in [1.54, 1.807) is 12.1 Å². The maximum absolute atomic E-state index is 12.5. The average Bonchev–Trinajstić information content (AvgIpc) is 2.60. The lowest BCUT2D eigenvalue weighted by molar-refractivity contribution is -0.119. The van der Waals surface area contributed by atoms with Gasteiger partial charge in [0.2, 0.25) is 5.91 Å². The summed E-state index contributed by atoms with van der Waals surface area (Å²) in [6.45, 7) is 4.07. The van der Waals surface area contributed by atoms with Crippen LogP contribution in [0.1, 0.15) is 54.2 Å². The number of carbonyl (C=O) groups is 2. The molecule has 24 heavy (non-hydrogen) atoms. The minimum atomic E-state index is -0.0802. The summed E-state index contributed by atoms with van der Waals surface area (Å²) < 4.78 is 0. The lowest BCUT2D eigenvalue weighted by Gasteiger charge is -2.18. The van der Waals surface area contributed by atoms with Crippen LogP contribution in [0.4, 0.5) is 0 Å². The fraction of sp³-hybridized carbons (Fsp3) is 0.300. The van der Waals surface area contributed by atoms with Crippen LogP contribution in [0.2, 0.25) is 0 Å². The molecule has 0 aromatic heterocycles. The van der Waals surface area contributed by atoms with Gasteiger partial charge in [0.25, 0.3) is 5.91 Å². The number of hydrogen-bond acceptors (Lipinski definition) is 2. The largest absolute Gasteiger partial charge is 0.352 e. The van der Waals surface area contributed by atoms with Gasteiger partial charge in [-0.05, 0) is 29.7 Å². The molecule has 1 unspecified atom stereocenters. The smallest absolute Gasteiger partial charge is 0.251 e. The van der Waals surface area contributed by atoms with E-state index in [0.717, 1.165) is 24.0 Å². The molecule has 1 atom stereocenters. The van der Waals surface area contributed by atoms with Gasteiger partial charge in [0.05, 0.1) is 6.04 Å². The first-order chi connectivity index (χ1) is 11.6. The molecule has 0 heterocycles. The Hall–Kier alpha value is -2.62. The van der Waals surface area contributed by atoms with E-state index in [4.69, 9.17) is 0 Å². The lowest BCUT2D eigenvalue weighted by atomic mass is 10.0. The predicted octanol–water partition coefficient (Wildman–Crippen LogP) is 3.59. The summed E-state index contributed by atoms with van der Waals surface area (Å²) in [7, 11) is 0. The van der Waals surface area contributed by atoms with Crippen molar-refractivity contribution in [2.75, 3.05) is 0 Å². The first-order valence-corrected chi connectivity index (χ1v) is 8.29. The van der Waals surface area contributed by atoms with Crippen LogP contribution in [0.15, 0.2) is 54.6 Å². The number of amides is 2. The molecule has 0 aliphatic carbocycles. The lowest BCUT2D eigenvalue weighted by Crippen LogP contribution is -2.28. The van der Waals surface area contributed by atoms with Crippen LogP contribution in [-0.2, 0) is 11.3 Å². The molecule has 0 aliphatic rings. The normalized spacial score (nSPS) is 11.6. The first kappa shape index (κ1) is 17.7. The number of rotatable bonds is 7. The Balaban J connectivity index is 2.03. The van der Waals surface area contributed by atoms with Crippen LogP contribution in [0, 0.1) is 0 Å². The summed E-state index contributed by atoms with van der Waals surface area (Å²) >= 11 is 0. The van der Waals surface area contributed by atoms with Gasteiger partial charge >= 0.3 is 0 Å². The van der Waals surface area contributed by atoms with Gasteiger partial charge in [-0.3, -0.25) is 9.59 Å². The van der Waals surface area contributed by atoms with Crippen LogP contribution in [-0.4, -0.2) is 11.8 Å². The third-order valence-electron chi connectivity index (χ3n) is 3.84. The standard InChI is InChI=1S/C20H24N2O2/c1-3-7-19(17-8-5-4-6-9-17)22-20(24)18-12-10-16(11-13-18)14-21-15(2)23/h4-6,8-13,19H,3,7,14H2,1-2H3,(H,21,23)(H,22,24). The van der Waals surface area contributed by atoms with Gasteiger partial charge in [-0.2, -0.15) is 0 Å². The SMILES string of the molecule is CCCC(NC(=O)c1ccc(CNC(C)=O)cc1)c1ccccc1. The Morgan fingerprint density at radius 2 is 1.67 bits per heavy atom. The molecule has 0 spiro atoms. The Morgan fingerprint density at radius 3 is 2.25 bits per heavy atom. The molecule has 0 bridgehead atoms. The molecule has 2 aromatic rings. The zero-order valence-corrected chi connectivity index (χ0v) is 14.2. The molecule has 2 aromatic carbocycles. The molecule has 0 aliphatic heterocycles. The number of nitrogens with one attached hydrogen (secondary N) is 2. The zero-order valence-electron chi connectivity index (χ0n) is 14.2. The highest BCUT2D eigenvalue weighted by Gasteiger charge is 2.14. The van der Waals surface area contributed by atoms with Crippen molar-refractivity contribution in [3.63, 3.8) is 0 Å². The van der Waals surface area contributed by atoms with Gasteiger partial charge in [-0.15, -0.1) is 0 Å².